The van der Waals surface area contributed by atoms with Crippen LogP contribution in [0.15, 0.2) is 6.07 Å². The highest BCUT2D eigenvalue weighted by atomic mass is 16.7. The van der Waals surface area contributed by atoms with E-state index in [0.717, 1.165) is 0 Å². The Morgan fingerprint density at radius 3 is 2.14 bits per heavy atom. The van der Waals surface area contributed by atoms with E-state index < -0.39 is 6.16 Å². The van der Waals surface area contributed by atoms with Crippen molar-refractivity contribution in [2.75, 3.05) is 14.2 Å². The first kappa shape index (κ1) is 10.0. The third-order valence-corrected chi connectivity index (χ3v) is 1.26. The fourth-order valence-electron chi connectivity index (χ4n) is 0.717. The van der Waals surface area contributed by atoms with Crippen LogP contribution in [0.2, 0.25) is 0 Å². The average Bonchev–Trinajstić information content (AvgIpc) is 2.16. The molecule has 0 aliphatic carbocycles. The number of carboxylic acid groups (broad SMARTS) is 1. The molecule has 0 fully saturated rings. The van der Waals surface area contributed by atoms with Crippen LogP contribution in [-0.2, 0) is 0 Å². The van der Waals surface area contributed by atoms with E-state index in [1.807, 2.05) is 0 Å². The highest BCUT2D eigenvalue weighted by Crippen LogP contribution is 2.18. The van der Waals surface area contributed by atoms with Gasteiger partial charge in [-0.15, -0.1) is 0 Å². The van der Waals surface area contributed by atoms with Crippen LogP contribution in [0.3, 0.4) is 0 Å². The quantitative estimate of drug-likeness (QED) is 0.712. The Morgan fingerprint density at radius 1 is 1.29 bits per heavy atom. The van der Waals surface area contributed by atoms with E-state index in [2.05, 4.69) is 14.7 Å². The number of carbonyl (C=O) groups is 1. The van der Waals surface area contributed by atoms with Gasteiger partial charge in [0, 0.05) is 0 Å². The second-order valence-electron chi connectivity index (χ2n) is 2.10. The SMILES string of the molecule is COc1cc(OC)nc(OC(=O)O)n1. The zero-order valence-corrected chi connectivity index (χ0v) is 7.55. The smallest absolute Gasteiger partial charge is 0.481 e. The lowest BCUT2D eigenvalue weighted by molar-refractivity contribution is 0.139. The van der Waals surface area contributed by atoms with Gasteiger partial charge in [-0.2, -0.15) is 9.97 Å². The lowest BCUT2D eigenvalue weighted by Gasteiger charge is -2.04. The first-order valence-electron chi connectivity index (χ1n) is 3.53. The van der Waals surface area contributed by atoms with Crippen molar-refractivity contribution in [3.8, 4) is 17.8 Å². The summed E-state index contributed by atoms with van der Waals surface area (Å²) in [5, 5.41) is 8.31. The van der Waals surface area contributed by atoms with E-state index in [9.17, 15) is 4.79 Å². The number of hydrogen-bond acceptors (Lipinski definition) is 6. The maximum absolute atomic E-state index is 10.2. The zero-order valence-electron chi connectivity index (χ0n) is 7.55. The van der Waals surface area contributed by atoms with E-state index in [1.54, 1.807) is 0 Å². The summed E-state index contributed by atoms with van der Waals surface area (Å²) in [6.45, 7) is 0. The van der Waals surface area contributed by atoms with Crippen molar-refractivity contribution in [1.82, 2.24) is 9.97 Å². The van der Waals surface area contributed by atoms with E-state index in [4.69, 9.17) is 14.6 Å². The molecule has 1 aromatic rings. The summed E-state index contributed by atoms with van der Waals surface area (Å²) in [4.78, 5) is 17.4. The Labute approximate surface area is 79.3 Å². The van der Waals surface area contributed by atoms with Gasteiger partial charge >= 0.3 is 12.2 Å². The molecule has 0 aliphatic rings. The van der Waals surface area contributed by atoms with Gasteiger partial charge in [-0.3, -0.25) is 0 Å². The van der Waals surface area contributed by atoms with Crippen LogP contribution in [0, 0.1) is 0 Å². The molecule has 0 saturated carbocycles. The predicted molar refractivity (Wildman–Crippen MR) is 43.8 cm³/mol. The van der Waals surface area contributed by atoms with Gasteiger partial charge in [0.25, 0.3) is 0 Å². The van der Waals surface area contributed by atoms with Crippen LogP contribution in [-0.4, -0.2) is 35.4 Å². The molecule has 0 radical (unpaired) electrons. The van der Waals surface area contributed by atoms with Crippen molar-refractivity contribution in [2.24, 2.45) is 0 Å². The van der Waals surface area contributed by atoms with Gasteiger partial charge in [-0.25, -0.2) is 4.79 Å². The largest absolute Gasteiger partial charge is 0.513 e. The molecular weight excluding hydrogens is 192 g/mol. The Hall–Kier alpha value is -2.05. The molecule has 0 bridgehead atoms. The van der Waals surface area contributed by atoms with Gasteiger partial charge in [0.1, 0.15) is 0 Å². The van der Waals surface area contributed by atoms with Crippen molar-refractivity contribution in [3.05, 3.63) is 6.07 Å². The molecular formula is C7H8N2O5. The first-order chi connectivity index (χ1) is 6.65. The lowest BCUT2D eigenvalue weighted by atomic mass is 10.6. The summed E-state index contributed by atoms with van der Waals surface area (Å²) in [5.74, 6) is 0.321. The molecule has 76 valence electrons. The molecule has 0 aromatic carbocycles. The van der Waals surface area contributed by atoms with Gasteiger partial charge in [-0.1, -0.05) is 0 Å². The molecule has 0 saturated heterocycles. The Morgan fingerprint density at radius 2 is 1.79 bits per heavy atom. The van der Waals surface area contributed by atoms with Crippen LogP contribution in [0.25, 0.3) is 0 Å². The molecule has 0 spiro atoms. The fourth-order valence-corrected chi connectivity index (χ4v) is 0.717. The number of ether oxygens (including phenoxy) is 3. The van der Waals surface area contributed by atoms with Gasteiger partial charge in [0.05, 0.1) is 20.3 Å². The van der Waals surface area contributed by atoms with Crippen molar-refractivity contribution < 1.29 is 24.1 Å². The number of nitrogens with zero attached hydrogens (tertiary/aromatic N) is 2. The maximum Gasteiger partial charge on any atom is 0.513 e. The fraction of sp³-hybridized carbons (Fsp3) is 0.286. The summed E-state index contributed by atoms with van der Waals surface area (Å²) in [7, 11) is 2.76. The number of methoxy groups -OCH3 is 2. The lowest BCUT2D eigenvalue weighted by Crippen LogP contribution is -2.07. The van der Waals surface area contributed by atoms with Crippen LogP contribution in [0.4, 0.5) is 4.79 Å². The van der Waals surface area contributed by atoms with Gasteiger partial charge in [-0.05, 0) is 0 Å². The molecule has 1 heterocycles. The summed E-state index contributed by atoms with van der Waals surface area (Å²) < 4.78 is 13.8. The second-order valence-corrected chi connectivity index (χ2v) is 2.10. The summed E-state index contributed by atoms with van der Waals surface area (Å²) >= 11 is 0. The molecule has 14 heavy (non-hydrogen) atoms. The Bertz CT molecular complexity index is 319. The van der Waals surface area contributed by atoms with E-state index >= 15 is 0 Å². The zero-order chi connectivity index (χ0) is 10.6. The molecule has 7 heteroatoms. The molecule has 0 unspecified atom stereocenters. The normalized spacial score (nSPS) is 9.29. The van der Waals surface area contributed by atoms with Crippen LogP contribution >= 0.6 is 0 Å². The standard InChI is InChI=1S/C7H8N2O5/c1-12-4-3-5(13-2)9-6(8-4)14-7(10)11/h3H,1-2H3,(H,10,11). The number of hydrogen-bond donors (Lipinski definition) is 1. The van der Waals surface area contributed by atoms with Crippen molar-refractivity contribution in [1.29, 1.82) is 0 Å². The van der Waals surface area contributed by atoms with E-state index in [0.29, 0.717) is 0 Å². The third-order valence-electron chi connectivity index (χ3n) is 1.26. The summed E-state index contributed by atoms with van der Waals surface area (Å²) in [6.07, 6.45) is -1.50. The Kier molecular flexibility index (Phi) is 3.05. The van der Waals surface area contributed by atoms with Gasteiger partial charge in [0.15, 0.2) is 0 Å². The summed E-state index contributed by atoms with van der Waals surface area (Å²) in [6, 6.07) is 1.06. The predicted octanol–water partition coefficient (Wildman–Crippen LogP) is 0.551. The molecule has 7 nitrogen and oxygen atoms in total. The molecule has 0 amide bonds. The second kappa shape index (κ2) is 4.26. The van der Waals surface area contributed by atoms with E-state index in [1.165, 1.54) is 20.3 Å². The van der Waals surface area contributed by atoms with Crippen LogP contribution in [0.5, 0.6) is 17.8 Å². The minimum atomic E-state index is -1.50. The Balaban J connectivity index is 2.98. The van der Waals surface area contributed by atoms with Crippen molar-refractivity contribution >= 4 is 6.16 Å². The third kappa shape index (κ3) is 2.47. The minimum absolute atomic E-state index is 0.160. The number of rotatable bonds is 3. The minimum Gasteiger partial charge on any atom is -0.481 e. The van der Waals surface area contributed by atoms with Crippen molar-refractivity contribution in [2.45, 2.75) is 0 Å². The summed E-state index contributed by atoms with van der Waals surface area (Å²) in [5.41, 5.74) is 0. The highest BCUT2D eigenvalue weighted by Gasteiger charge is 2.09. The van der Waals surface area contributed by atoms with E-state index in [-0.39, 0.29) is 17.8 Å². The average molecular weight is 200 g/mol. The van der Waals surface area contributed by atoms with Crippen LogP contribution in [0.1, 0.15) is 0 Å². The number of aromatic nitrogens is 2. The monoisotopic (exact) mass is 200 g/mol. The van der Waals surface area contributed by atoms with Crippen molar-refractivity contribution in [3.63, 3.8) is 0 Å². The van der Waals surface area contributed by atoms with Gasteiger partial charge in [0.2, 0.25) is 11.8 Å². The first-order valence-corrected chi connectivity index (χ1v) is 3.53. The molecule has 0 aliphatic heterocycles. The molecule has 1 N–H and O–H groups in total. The molecule has 1 rings (SSSR count). The molecule has 0 atom stereocenters. The van der Waals surface area contributed by atoms with Crippen LogP contribution < -0.4 is 14.2 Å². The molecule has 1 aromatic heterocycles. The van der Waals surface area contributed by atoms with Gasteiger partial charge < -0.3 is 19.3 Å². The topological polar surface area (TPSA) is 90.8 Å². The maximum atomic E-state index is 10.2. The highest BCUT2D eigenvalue weighted by molar-refractivity contribution is 5.59.